The number of aliphatic hydroxyl groups excluding tert-OH is 1. The van der Waals surface area contributed by atoms with Crippen LogP contribution in [0.4, 0.5) is 0 Å². The third-order valence-corrected chi connectivity index (χ3v) is 4.04. The number of nitrogens with two attached hydrogens (primary N) is 1. The van der Waals surface area contributed by atoms with Gasteiger partial charge in [-0.1, -0.05) is 0 Å². The fourth-order valence-corrected chi connectivity index (χ4v) is 3.10. The fraction of sp³-hybridized carbons (Fsp3) is 1.00. The normalized spacial score (nSPS) is 49.5. The first-order chi connectivity index (χ1) is 9.17. The third kappa shape index (κ3) is 2.18. The molecule has 3 aliphatic heterocycles. The lowest BCUT2D eigenvalue weighted by Crippen LogP contribution is -2.62. The Morgan fingerprint density at radius 3 is 2.30 bits per heavy atom. The van der Waals surface area contributed by atoms with Crippen LogP contribution in [-0.2, 0) is 23.7 Å². The molecular formula is C13H23NO6. The van der Waals surface area contributed by atoms with Gasteiger partial charge in [0.25, 0.3) is 0 Å². The SMILES string of the molecule is CC1(C)OCC([C@H]2O[C@@H]3OC(C)(C)O[C@@H]3[C@]2(N)CO)O1. The molecular weight excluding hydrogens is 266 g/mol. The van der Waals surface area contributed by atoms with E-state index in [0.29, 0.717) is 6.61 Å². The highest BCUT2D eigenvalue weighted by Gasteiger charge is 2.64. The van der Waals surface area contributed by atoms with E-state index in [1.165, 1.54) is 0 Å². The molecule has 7 nitrogen and oxygen atoms in total. The molecule has 3 aliphatic rings. The molecule has 0 saturated carbocycles. The van der Waals surface area contributed by atoms with Crippen molar-refractivity contribution in [3.05, 3.63) is 0 Å². The van der Waals surface area contributed by atoms with E-state index in [-0.39, 0.29) is 12.7 Å². The van der Waals surface area contributed by atoms with Crippen molar-refractivity contribution in [2.24, 2.45) is 5.73 Å². The number of rotatable bonds is 2. The first kappa shape index (κ1) is 14.6. The molecule has 0 bridgehead atoms. The summed E-state index contributed by atoms with van der Waals surface area (Å²) in [7, 11) is 0. The molecule has 20 heavy (non-hydrogen) atoms. The predicted molar refractivity (Wildman–Crippen MR) is 67.6 cm³/mol. The highest BCUT2D eigenvalue weighted by Crippen LogP contribution is 2.44. The van der Waals surface area contributed by atoms with Crippen molar-refractivity contribution in [1.82, 2.24) is 0 Å². The van der Waals surface area contributed by atoms with Crippen LogP contribution in [0.25, 0.3) is 0 Å². The van der Waals surface area contributed by atoms with Gasteiger partial charge < -0.3 is 34.5 Å². The van der Waals surface area contributed by atoms with Crippen LogP contribution in [0.1, 0.15) is 27.7 Å². The van der Waals surface area contributed by atoms with Gasteiger partial charge in [0.2, 0.25) is 0 Å². The molecule has 0 amide bonds. The van der Waals surface area contributed by atoms with Crippen LogP contribution in [0, 0.1) is 0 Å². The van der Waals surface area contributed by atoms with Gasteiger partial charge >= 0.3 is 0 Å². The Morgan fingerprint density at radius 2 is 1.75 bits per heavy atom. The molecule has 0 radical (unpaired) electrons. The zero-order chi connectivity index (χ0) is 14.8. The molecule has 7 heteroatoms. The van der Waals surface area contributed by atoms with Crippen molar-refractivity contribution in [2.75, 3.05) is 13.2 Å². The van der Waals surface area contributed by atoms with E-state index in [1.807, 2.05) is 13.8 Å². The van der Waals surface area contributed by atoms with Gasteiger partial charge in [-0.25, -0.2) is 0 Å². The Balaban J connectivity index is 1.81. The fourth-order valence-electron chi connectivity index (χ4n) is 3.10. The lowest BCUT2D eigenvalue weighted by atomic mass is 9.87. The Morgan fingerprint density at radius 1 is 1.05 bits per heavy atom. The van der Waals surface area contributed by atoms with Gasteiger partial charge in [0, 0.05) is 0 Å². The van der Waals surface area contributed by atoms with Crippen LogP contribution in [0.2, 0.25) is 0 Å². The number of fused-ring (bicyclic) bond motifs is 1. The van der Waals surface area contributed by atoms with Crippen LogP contribution in [0.15, 0.2) is 0 Å². The van der Waals surface area contributed by atoms with E-state index in [2.05, 4.69) is 0 Å². The van der Waals surface area contributed by atoms with E-state index in [1.54, 1.807) is 13.8 Å². The van der Waals surface area contributed by atoms with Crippen molar-refractivity contribution < 1.29 is 28.8 Å². The molecule has 0 aliphatic carbocycles. The minimum absolute atomic E-state index is 0.279. The largest absolute Gasteiger partial charge is 0.394 e. The average molecular weight is 289 g/mol. The summed E-state index contributed by atoms with van der Waals surface area (Å²) in [6.07, 6.45) is -2.03. The third-order valence-electron chi connectivity index (χ3n) is 4.04. The van der Waals surface area contributed by atoms with Crippen molar-refractivity contribution in [1.29, 1.82) is 0 Å². The summed E-state index contributed by atoms with van der Waals surface area (Å²) in [4.78, 5) is 0. The first-order valence-corrected chi connectivity index (χ1v) is 6.89. The Labute approximate surface area is 118 Å². The minimum atomic E-state index is -1.08. The molecule has 3 saturated heterocycles. The van der Waals surface area contributed by atoms with Gasteiger partial charge in [-0.3, -0.25) is 0 Å². The van der Waals surface area contributed by atoms with Crippen molar-refractivity contribution in [3.63, 3.8) is 0 Å². The zero-order valence-corrected chi connectivity index (χ0v) is 12.3. The summed E-state index contributed by atoms with van der Waals surface area (Å²) in [6, 6.07) is 0. The molecule has 3 fully saturated rings. The second-order valence-electron chi connectivity index (χ2n) is 6.62. The summed E-state index contributed by atoms with van der Waals surface area (Å²) >= 11 is 0. The minimum Gasteiger partial charge on any atom is -0.394 e. The first-order valence-electron chi connectivity index (χ1n) is 6.89. The molecule has 3 rings (SSSR count). The Hall–Kier alpha value is -0.280. The Kier molecular flexibility index (Phi) is 3.19. The van der Waals surface area contributed by atoms with Gasteiger partial charge in [0.05, 0.1) is 18.8 Å². The molecule has 0 aromatic heterocycles. The molecule has 3 N–H and O–H groups in total. The molecule has 0 aromatic carbocycles. The molecule has 116 valence electrons. The highest BCUT2D eigenvalue weighted by atomic mass is 16.8. The summed E-state index contributed by atoms with van der Waals surface area (Å²) in [5.74, 6) is -1.45. The van der Waals surface area contributed by atoms with Gasteiger partial charge in [0.15, 0.2) is 17.9 Å². The average Bonchev–Trinajstić information content (AvgIpc) is 2.91. The summed E-state index contributed by atoms with van der Waals surface area (Å²) < 4.78 is 28.7. The van der Waals surface area contributed by atoms with Gasteiger partial charge in [-0.2, -0.15) is 0 Å². The van der Waals surface area contributed by atoms with Crippen LogP contribution in [-0.4, -0.2) is 60.0 Å². The standard InChI is InChI=1S/C13H23NO6/c1-11(2)16-5-7(18-11)8-13(14,6-15)9-10(17-8)20-12(3,4)19-9/h7-10,15H,5-6,14H2,1-4H3/t7?,8-,9+,10-,13+/m1/s1. The van der Waals surface area contributed by atoms with Crippen molar-refractivity contribution in [3.8, 4) is 0 Å². The van der Waals surface area contributed by atoms with Crippen LogP contribution < -0.4 is 5.73 Å². The quantitative estimate of drug-likeness (QED) is 0.721. The van der Waals surface area contributed by atoms with Gasteiger partial charge in [0.1, 0.15) is 18.3 Å². The van der Waals surface area contributed by atoms with E-state index in [0.717, 1.165) is 0 Å². The summed E-state index contributed by atoms with van der Waals surface area (Å²) in [5, 5.41) is 9.77. The van der Waals surface area contributed by atoms with Crippen molar-refractivity contribution >= 4 is 0 Å². The molecule has 5 atom stereocenters. The number of aliphatic hydroxyl groups is 1. The lowest BCUT2D eigenvalue weighted by Gasteiger charge is -2.35. The van der Waals surface area contributed by atoms with Crippen LogP contribution in [0.3, 0.4) is 0 Å². The second kappa shape index (κ2) is 4.36. The smallest absolute Gasteiger partial charge is 0.189 e. The summed E-state index contributed by atoms with van der Waals surface area (Å²) in [5.41, 5.74) is 5.29. The maximum Gasteiger partial charge on any atom is 0.189 e. The molecule has 1 unspecified atom stereocenters. The van der Waals surface area contributed by atoms with E-state index in [4.69, 9.17) is 29.4 Å². The maximum absolute atomic E-state index is 9.77. The highest BCUT2D eigenvalue weighted by molar-refractivity contribution is 5.11. The second-order valence-corrected chi connectivity index (χ2v) is 6.62. The molecule has 0 spiro atoms. The number of hydrogen-bond acceptors (Lipinski definition) is 7. The summed E-state index contributed by atoms with van der Waals surface area (Å²) in [6.45, 7) is 7.32. The van der Waals surface area contributed by atoms with Gasteiger partial charge in [-0.05, 0) is 27.7 Å². The monoisotopic (exact) mass is 289 g/mol. The Bertz CT molecular complexity index is 400. The van der Waals surface area contributed by atoms with E-state index < -0.39 is 35.6 Å². The van der Waals surface area contributed by atoms with E-state index in [9.17, 15) is 5.11 Å². The molecule has 0 aromatic rings. The van der Waals surface area contributed by atoms with Gasteiger partial charge in [-0.15, -0.1) is 0 Å². The van der Waals surface area contributed by atoms with Crippen molar-refractivity contribution in [2.45, 2.75) is 69.4 Å². The predicted octanol–water partition coefficient (Wildman–Crippen LogP) is -0.296. The number of ether oxygens (including phenoxy) is 5. The van der Waals surface area contributed by atoms with E-state index >= 15 is 0 Å². The topological polar surface area (TPSA) is 92.4 Å². The van der Waals surface area contributed by atoms with Crippen LogP contribution in [0.5, 0.6) is 0 Å². The lowest BCUT2D eigenvalue weighted by molar-refractivity contribution is -0.230. The number of hydrogen-bond donors (Lipinski definition) is 2. The zero-order valence-electron chi connectivity index (χ0n) is 12.3. The van der Waals surface area contributed by atoms with Crippen LogP contribution >= 0.6 is 0 Å². The molecule has 3 heterocycles. The maximum atomic E-state index is 9.77.